The fourth-order valence-corrected chi connectivity index (χ4v) is 2.25. The fraction of sp³-hybridized carbons (Fsp3) is 0.312. The number of anilines is 2. The van der Waals surface area contributed by atoms with E-state index in [-0.39, 0.29) is 30.6 Å². The molecule has 0 fully saturated rings. The molecule has 0 aliphatic carbocycles. The van der Waals surface area contributed by atoms with Gasteiger partial charge in [-0.05, 0) is 32.5 Å². The van der Waals surface area contributed by atoms with Crippen molar-refractivity contribution in [2.24, 2.45) is 0 Å². The summed E-state index contributed by atoms with van der Waals surface area (Å²) in [6.07, 6.45) is 0. The van der Waals surface area contributed by atoms with Gasteiger partial charge >= 0.3 is 0 Å². The van der Waals surface area contributed by atoms with E-state index in [4.69, 9.17) is 4.52 Å². The summed E-state index contributed by atoms with van der Waals surface area (Å²) in [6, 6.07) is 5.76. The number of carbonyl (C=O) groups is 2. The van der Waals surface area contributed by atoms with Gasteiger partial charge in [0, 0.05) is 23.9 Å². The Morgan fingerprint density at radius 3 is 2.38 bits per heavy atom. The van der Waals surface area contributed by atoms with E-state index in [2.05, 4.69) is 15.8 Å². The third kappa shape index (κ3) is 5.38. The Kier molecular flexibility index (Phi) is 6.02. The average molecular weight is 361 g/mol. The van der Waals surface area contributed by atoms with Crippen molar-refractivity contribution in [3.05, 3.63) is 45.7 Å². The number of nitro benzene ring substituents is 1. The molecule has 2 N–H and O–H groups in total. The van der Waals surface area contributed by atoms with Crippen LogP contribution in [0.15, 0.2) is 28.8 Å². The molecular weight excluding hydrogens is 342 g/mol. The number of benzene rings is 1. The Morgan fingerprint density at radius 2 is 1.85 bits per heavy atom. The number of nitro groups is 1. The van der Waals surface area contributed by atoms with E-state index in [0.29, 0.717) is 22.8 Å². The first-order valence-electron chi connectivity index (χ1n) is 7.71. The van der Waals surface area contributed by atoms with E-state index in [9.17, 15) is 19.7 Å². The van der Waals surface area contributed by atoms with E-state index in [1.165, 1.54) is 23.1 Å². The van der Waals surface area contributed by atoms with Crippen molar-refractivity contribution in [3.8, 4) is 0 Å². The lowest BCUT2D eigenvalue weighted by Crippen LogP contribution is -2.36. The summed E-state index contributed by atoms with van der Waals surface area (Å²) in [4.78, 5) is 35.7. The van der Waals surface area contributed by atoms with E-state index >= 15 is 0 Å². The van der Waals surface area contributed by atoms with Crippen LogP contribution < -0.4 is 10.6 Å². The second-order valence-corrected chi connectivity index (χ2v) is 5.85. The Bertz CT molecular complexity index is 832. The second kappa shape index (κ2) is 8.21. The standard InChI is InChI=1S/C16H19N5O5/c1-10-6-12(21(24)25)4-5-13(10)17-15(22)8-20(3)9-16(23)18-14-7-11(2)26-19-14/h4-7H,8-9H2,1-3H3,(H,17,22)(H,18,19,23). The number of nitrogens with zero attached hydrogens (tertiary/aromatic N) is 3. The SMILES string of the molecule is Cc1cc(NC(=O)CN(C)CC(=O)Nc2ccc([N+](=O)[O-])cc2C)no1. The van der Waals surface area contributed by atoms with Crippen LogP contribution in [0, 0.1) is 24.0 Å². The molecule has 1 aromatic carbocycles. The normalized spacial score (nSPS) is 10.6. The maximum absolute atomic E-state index is 12.1. The lowest BCUT2D eigenvalue weighted by molar-refractivity contribution is -0.384. The first-order chi connectivity index (χ1) is 12.2. The summed E-state index contributed by atoms with van der Waals surface area (Å²) in [5, 5.41) is 19.6. The van der Waals surface area contributed by atoms with Crippen LogP contribution in [0.4, 0.5) is 17.2 Å². The number of carbonyl (C=O) groups excluding carboxylic acids is 2. The number of hydrogen-bond acceptors (Lipinski definition) is 7. The van der Waals surface area contributed by atoms with Crippen molar-refractivity contribution in [2.45, 2.75) is 13.8 Å². The molecule has 1 aromatic heterocycles. The fourth-order valence-electron chi connectivity index (χ4n) is 2.25. The van der Waals surface area contributed by atoms with Gasteiger partial charge in [-0.2, -0.15) is 0 Å². The highest BCUT2D eigenvalue weighted by Gasteiger charge is 2.14. The molecule has 0 unspecified atom stereocenters. The molecule has 0 bridgehead atoms. The molecule has 26 heavy (non-hydrogen) atoms. The van der Waals surface area contributed by atoms with Gasteiger partial charge in [0.15, 0.2) is 5.82 Å². The van der Waals surface area contributed by atoms with E-state index in [1.807, 2.05) is 0 Å². The average Bonchev–Trinajstić information content (AvgIpc) is 2.93. The number of likely N-dealkylation sites (N-methyl/N-ethyl adjacent to an activating group) is 1. The quantitative estimate of drug-likeness (QED) is 0.567. The van der Waals surface area contributed by atoms with Crippen LogP contribution in [0.3, 0.4) is 0 Å². The molecule has 0 spiro atoms. The maximum atomic E-state index is 12.1. The summed E-state index contributed by atoms with van der Waals surface area (Å²) in [5.74, 6) is 0.216. The molecule has 0 aliphatic rings. The van der Waals surface area contributed by atoms with Crippen molar-refractivity contribution >= 4 is 29.0 Å². The highest BCUT2D eigenvalue weighted by atomic mass is 16.6. The van der Waals surface area contributed by atoms with Crippen molar-refractivity contribution in [3.63, 3.8) is 0 Å². The number of hydrogen-bond donors (Lipinski definition) is 2. The Balaban J connectivity index is 1.85. The molecule has 0 saturated heterocycles. The first-order valence-corrected chi connectivity index (χ1v) is 7.71. The largest absolute Gasteiger partial charge is 0.360 e. The van der Waals surface area contributed by atoms with Gasteiger partial charge in [-0.1, -0.05) is 5.16 Å². The minimum absolute atomic E-state index is 0.0153. The molecule has 0 radical (unpaired) electrons. The topological polar surface area (TPSA) is 131 Å². The van der Waals surface area contributed by atoms with Crippen LogP contribution in [0.1, 0.15) is 11.3 Å². The van der Waals surface area contributed by atoms with Gasteiger partial charge in [-0.3, -0.25) is 24.6 Å². The maximum Gasteiger partial charge on any atom is 0.269 e. The first kappa shape index (κ1) is 19.1. The summed E-state index contributed by atoms with van der Waals surface area (Å²) in [6.45, 7) is 3.33. The molecule has 2 amide bonds. The molecule has 0 aliphatic heterocycles. The van der Waals surface area contributed by atoms with Crippen molar-refractivity contribution in [1.82, 2.24) is 10.1 Å². The van der Waals surface area contributed by atoms with Gasteiger partial charge in [0.2, 0.25) is 11.8 Å². The Labute approximate surface area is 149 Å². The summed E-state index contributed by atoms with van der Waals surface area (Å²) >= 11 is 0. The third-order valence-electron chi connectivity index (χ3n) is 3.42. The number of rotatable bonds is 7. The monoisotopic (exact) mass is 361 g/mol. The van der Waals surface area contributed by atoms with Gasteiger partial charge in [-0.15, -0.1) is 0 Å². The zero-order valence-electron chi connectivity index (χ0n) is 14.6. The summed E-state index contributed by atoms with van der Waals surface area (Å²) in [7, 11) is 1.62. The van der Waals surface area contributed by atoms with E-state index < -0.39 is 4.92 Å². The molecule has 0 atom stereocenters. The van der Waals surface area contributed by atoms with Crippen LogP contribution in [0.25, 0.3) is 0 Å². The summed E-state index contributed by atoms with van der Waals surface area (Å²) < 4.78 is 4.85. The predicted octanol–water partition coefficient (Wildman–Crippen LogP) is 1.71. The Morgan fingerprint density at radius 1 is 1.19 bits per heavy atom. The van der Waals surface area contributed by atoms with Crippen molar-refractivity contribution in [1.29, 1.82) is 0 Å². The minimum Gasteiger partial charge on any atom is -0.360 e. The van der Waals surface area contributed by atoms with Crippen LogP contribution in [0.2, 0.25) is 0 Å². The van der Waals surface area contributed by atoms with Gasteiger partial charge in [-0.25, -0.2) is 0 Å². The number of aromatic nitrogens is 1. The molecular formula is C16H19N5O5. The number of amides is 2. The van der Waals surface area contributed by atoms with Crippen LogP contribution in [-0.2, 0) is 9.59 Å². The van der Waals surface area contributed by atoms with E-state index in [1.54, 1.807) is 27.0 Å². The molecule has 10 nitrogen and oxygen atoms in total. The van der Waals surface area contributed by atoms with Gasteiger partial charge in [0.05, 0.1) is 18.0 Å². The van der Waals surface area contributed by atoms with Crippen molar-refractivity contribution in [2.75, 3.05) is 30.8 Å². The zero-order chi connectivity index (χ0) is 19.3. The lowest BCUT2D eigenvalue weighted by Gasteiger charge is -2.16. The smallest absolute Gasteiger partial charge is 0.269 e. The second-order valence-electron chi connectivity index (χ2n) is 5.85. The highest BCUT2D eigenvalue weighted by molar-refractivity contribution is 5.94. The molecule has 2 rings (SSSR count). The molecule has 1 heterocycles. The van der Waals surface area contributed by atoms with Crippen molar-refractivity contribution < 1.29 is 19.0 Å². The molecule has 2 aromatic rings. The molecule has 0 saturated carbocycles. The predicted molar refractivity (Wildman–Crippen MR) is 93.8 cm³/mol. The lowest BCUT2D eigenvalue weighted by atomic mass is 10.2. The Hall–Kier alpha value is -3.27. The minimum atomic E-state index is -0.499. The van der Waals surface area contributed by atoms with Gasteiger partial charge in [0.25, 0.3) is 5.69 Å². The number of nitrogens with one attached hydrogen (secondary N) is 2. The highest BCUT2D eigenvalue weighted by Crippen LogP contribution is 2.21. The van der Waals surface area contributed by atoms with Crippen LogP contribution in [0.5, 0.6) is 0 Å². The zero-order valence-corrected chi connectivity index (χ0v) is 14.6. The summed E-state index contributed by atoms with van der Waals surface area (Å²) in [5.41, 5.74) is 1.02. The van der Waals surface area contributed by atoms with Crippen LogP contribution in [-0.4, -0.2) is 46.9 Å². The molecule has 138 valence electrons. The number of non-ortho nitro benzene ring substituents is 1. The molecule has 10 heteroatoms. The van der Waals surface area contributed by atoms with Crippen LogP contribution >= 0.6 is 0 Å². The third-order valence-corrected chi connectivity index (χ3v) is 3.42. The number of aryl methyl sites for hydroxylation is 2. The van der Waals surface area contributed by atoms with Gasteiger partial charge in [0.1, 0.15) is 5.76 Å². The van der Waals surface area contributed by atoms with E-state index in [0.717, 1.165) is 0 Å². The van der Waals surface area contributed by atoms with Gasteiger partial charge < -0.3 is 15.2 Å².